The molecule has 0 radical (unpaired) electrons. The van der Waals surface area contributed by atoms with E-state index in [-0.39, 0.29) is 29.2 Å². The van der Waals surface area contributed by atoms with Gasteiger partial charge < -0.3 is 10.0 Å². The zero-order chi connectivity index (χ0) is 23.1. The van der Waals surface area contributed by atoms with Crippen LogP contribution in [0.5, 0.6) is 0 Å². The molecule has 1 N–H and O–H groups in total. The Hall–Kier alpha value is -1.53. The molecule has 31 heavy (non-hydrogen) atoms. The van der Waals surface area contributed by atoms with Gasteiger partial charge in [-0.15, -0.1) is 0 Å². The number of amides is 1. The van der Waals surface area contributed by atoms with Crippen LogP contribution in [-0.4, -0.2) is 58.1 Å². The van der Waals surface area contributed by atoms with Crippen LogP contribution in [0.25, 0.3) is 0 Å². The number of carbonyl (C=O) groups excluding carboxylic acids is 1. The van der Waals surface area contributed by atoms with E-state index in [1.54, 1.807) is 0 Å². The van der Waals surface area contributed by atoms with Crippen molar-refractivity contribution in [3.63, 3.8) is 0 Å². The van der Waals surface area contributed by atoms with Gasteiger partial charge in [-0.05, 0) is 38.8 Å². The second-order valence-electron chi connectivity index (χ2n) is 10.7. The van der Waals surface area contributed by atoms with Gasteiger partial charge in [0, 0.05) is 55.5 Å². The lowest BCUT2D eigenvalue weighted by atomic mass is 9.72. The van der Waals surface area contributed by atoms with Crippen LogP contribution in [0.3, 0.4) is 0 Å². The minimum atomic E-state index is -0.763. The Morgan fingerprint density at radius 2 is 1.74 bits per heavy atom. The highest BCUT2D eigenvalue weighted by atomic mass is 19.1. The van der Waals surface area contributed by atoms with Crippen molar-refractivity contribution in [3.05, 3.63) is 35.4 Å². The molecule has 0 unspecified atom stereocenters. The van der Waals surface area contributed by atoms with Crippen LogP contribution in [-0.2, 0) is 4.79 Å². The summed E-state index contributed by atoms with van der Waals surface area (Å²) in [6.07, 6.45) is 1.62. The molecule has 3 rings (SSSR count). The van der Waals surface area contributed by atoms with Gasteiger partial charge in [0.15, 0.2) is 0 Å². The normalized spacial score (nSPS) is 32.5. The van der Waals surface area contributed by atoms with Crippen molar-refractivity contribution in [2.24, 2.45) is 17.8 Å². The van der Waals surface area contributed by atoms with Gasteiger partial charge in [-0.1, -0.05) is 33.3 Å². The third-order valence-electron chi connectivity index (χ3n) is 7.61. The Balaban J connectivity index is 1.88. The number of piperidine rings is 1. The average Bonchev–Trinajstić information content (AvgIpc) is 3.11. The van der Waals surface area contributed by atoms with Crippen molar-refractivity contribution in [3.8, 4) is 0 Å². The van der Waals surface area contributed by atoms with Crippen LogP contribution in [0.2, 0.25) is 0 Å². The first-order chi connectivity index (χ1) is 14.4. The van der Waals surface area contributed by atoms with E-state index in [1.807, 2.05) is 18.7 Å². The van der Waals surface area contributed by atoms with Crippen molar-refractivity contribution in [2.45, 2.75) is 71.4 Å². The lowest BCUT2D eigenvalue weighted by molar-refractivity contribution is -0.152. The first-order valence-electron chi connectivity index (χ1n) is 11.6. The number of likely N-dealkylation sites (tertiary alicyclic amines) is 2. The summed E-state index contributed by atoms with van der Waals surface area (Å²) in [6, 6.07) is 3.67. The van der Waals surface area contributed by atoms with Gasteiger partial charge >= 0.3 is 0 Å². The quantitative estimate of drug-likeness (QED) is 0.760. The maximum atomic E-state index is 14.7. The first kappa shape index (κ1) is 24.1. The predicted octanol–water partition coefficient (Wildman–Crippen LogP) is 4.42. The molecule has 0 aromatic heterocycles. The number of rotatable bonds is 4. The smallest absolute Gasteiger partial charge is 0.227 e. The summed E-state index contributed by atoms with van der Waals surface area (Å²) in [4.78, 5) is 17.8. The molecule has 2 saturated heterocycles. The summed E-state index contributed by atoms with van der Waals surface area (Å²) in [5.41, 5.74) is -0.513. The average molecular weight is 437 g/mol. The molecule has 174 valence electrons. The maximum absolute atomic E-state index is 14.7. The fraction of sp³-hybridized carbons (Fsp3) is 0.720. The fourth-order valence-electron chi connectivity index (χ4n) is 5.56. The van der Waals surface area contributed by atoms with Crippen LogP contribution < -0.4 is 0 Å². The number of benzene rings is 1. The van der Waals surface area contributed by atoms with Gasteiger partial charge in [-0.3, -0.25) is 9.69 Å². The highest BCUT2D eigenvalue weighted by molar-refractivity contribution is 5.81. The summed E-state index contributed by atoms with van der Waals surface area (Å²) in [5.74, 6) is -1.95. The zero-order valence-electron chi connectivity index (χ0n) is 19.8. The molecule has 2 fully saturated rings. The molecular weight excluding hydrogens is 398 g/mol. The Morgan fingerprint density at radius 1 is 1.13 bits per heavy atom. The van der Waals surface area contributed by atoms with Crippen molar-refractivity contribution >= 4 is 5.91 Å². The van der Waals surface area contributed by atoms with E-state index in [4.69, 9.17) is 0 Å². The Morgan fingerprint density at radius 3 is 2.26 bits per heavy atom. The Labute approximate surface area is 185 Å². The second kappa shape index (κ2) is 8.78. The van der Waals surface area contributed by atoms with Crippen LogP contribution in [0, 0.1) is 29.4 Å². The summed E-state index contributed by atoms with van der Waals surface area (Å²) in [7, 11) is 0. The summed E-state index contributed by atoms with van der Waals surface area (Å²) in [6.45, 7) is 14.5. The number of hydrogen-bond acceptors (Lipinski definition) is 3. The van der Waals surface area contributed by atoms with Gasteiger partial charge in [0.05, 0.1) is 11.5 Å². The second-order valence-corrected chi connectivity index (χ2v) is 10.7. The van der Waals surface area contributed by atoms with Crippen molar-refractivity contribution in [2.75, 3.05) is 26.2 Å². The molecule has 0 bridgehead atoms. The predicted molar refractivity (Wildman–Crippen MR) is 119 cm³/mol. The molecular formula is C25H38F2N2O2. The molecule has 5 atom stereocenters. The Kier molecular flexibility index (Phi) is 6.83. The molecule has 1 amide bonds. The van der Waals surface area contributed by atoms with Crippen molar-refractivity contribution < 1.29 is 18.7 Å². The Bertz CT molecular complexity index is 795. The first-order valence-corrected chi connectivity index (χ1v) is 11.6. The molecule has 1 aromatic rings. The molecule has 0 spiro atoms. The fourth-order valence-corrected chi connectivity index (χ4v) is 5.56. The van der Waals surface area contributed by atoms with Crippen LogP contribution in [0.15, 0.2) is 18.2 Å². The molecule has 4 nitrogen and oxygen atoms in total. The van der Waals surface area contributed by atoms with E-state index >= 15 is 0 Å². The summed E-state index contributed by atoms with van der Waals surface area (Å²) < 4.78 is 28.2. The van der Waals surface area contributed by atoms with Crippen LogP contribution in [0.1, 0.15) is 65.9 Å². The lowest BCUT2D eigenvalue weighted by Crippen LogP contribution is -2.58. The van der Waals surface area contributed by atoms with Crippen molar-refractivity contribution in [1.82, 2.24) is 9.80 Å². The van der Waals surface area contributed by atoms with Gasteiger partial charge in [-0.2, -0.15) is 0 Å². The largest absolute Gasteiger partial charge is 0.389 e. The molecule has 6 heteroatoms. The zero-order valence-corrected chi connectivity index (χ0v) is 19.8. The minimum Gasteiger partial charge on any atom is -0.389 e. The van der Waals surface area contributed by atoms with Gasteiger partial charge in [-0.25, -0.2) is 8.78 Å². The highest BCUT2D eigenvalue weighted by Crippen LogP contribution is 2.41. The van der Waals surface area contributed by atoms with Gasteiger partial charge in [0.2, 0.25) is 5.91 Å². The monoisotopic (exact) mass is 436 g/mol. The van der Waals surface area contributed by atoms with E-state index < -0.39 is 23.2 Å². The van der Waals surface area contributed by atoms with E-state index in [0.29, 0.717) is 31.7 Å². The number of halogens is 2. The van der Waals surface area contributed by atoms with E-state index in [9.17, 15) is 18.7 Å². The van der Waals surface area contributed by atoms with Crippen LogP contribution in [0.4, 0.5) is 8.78 Å². The number of aliphatic hydroxyl groups is 1. The highest BCUT2D eigenvalue weighted by Gasteiger charge is 2.49. The van der Waals surface area contributed by atoms with E-state index in [2.05, 4.69) is 32.6 Å². The maximum Gasteiger partial charge on any atom is 0.227 e. The molecule has 2 heterocycles. The molecule has 2 aliphatic heterocycles. The molecule has 2 aliphatic rings. The minimum absolute atomic E-state index is 0.0118. The lowest BCUT2D eigenvalue weighted by Gasteiger charge is -2.48. The van der Waals surface area contributed by atoms with Gasteiger partial charge in [0.1, 0.15) is 11.6 Å². The van der Waals surface area contributed by atoms with Crippen LogP contribution >= 0.6 is 0 Å². The third-order valence-corrected chi connectivity index (χ3v) is 7.61. The van der Waals surface area contributed by atoms with E-state index in [1.165, 1.54) is 12.1 Å². The summed E-state index contributed by atoms with van der Waals surface area (Å²) >= 11 is 0. The standard InChI is InChI=1S/C25H38F2N2O2/c1-7-10-25(31)16(2)12-28(13-17(25)3)23(30)21-15-29(24(4,5)6)14-20(21)19-9-8-18(26)11-22(19)27/h8-9,11,16-17,20-21,31H,7,10,12-15H2,1-6H3/t16-,17+,20-,21+,25-/m0/s1. The SMILES string of the molecule is CCC[C@@]1(O)[C@H](C)CN(C(=O)[C@@H]2CN(C(C)(C)C)C[C@H]2c2ccc(F)cc2F)C[C@@H]1C. The molecule has 0 aliphatic carbocycles. The van der Waals surface area contributed by atoms with Crippen molar-refractivity contribution in [1.29, 1.82) is 0 Å². The summed E-state index contributed by atoms with van der Waals surface area (Å²) in [5, 5.41) is 11.2. The number of hydrogen-bond donors (Lipinski definition) is 1. The van der Waals surface area contributed by atoms with E-state index in [0.717, 1.165) is 18.9 Å². The van der Waals surface area contributed by atoms with Gasteiger partial charge in [0.25, 0.3) is 0 Å². The molecule has 1 aromatic carbocycles. The molecule has 0 saturated carbocycles. The number of nitrogens with zero attached hydrogens (tertiary/aromatic N) is 2. The topological polar surface area (TPSA) is 43.8 Å². The third kappa shape index (κ3) is 4.65. The number of carbonyl (C=O) groups is 1.